The van der Waals surface area contributed by atoms with E-state index in [1.165, 1.54) is 10.6 Å². The lowest BCUT2D eigenvalue weighted by molar-refractivity contribution is -0.116. The Bertz CT molecular complexity index is 847. The van der Waals surface area contributed by atoms with Crippen molar-refractivity contribution in [2.45, 2.75) is 25.7 Å². The van der Waals surface area contributed by atoms with Gasteiger partial charge in [-0.2, -0.15) is 5.26 Å². The smallest absolute Gasteiger partial charge is 0.226 e. The third kappa shape index (κ3) is 4.00. The molecule has 0 atom stereocenters. The van der Waals surface area contributed by atoms with Crippen LogP contribution >= 0.6 is 11.3 Å². The molecule has 1 aromatic heterocycles. The van der Waals surface area contributed by atoms with Gasteiger partial charge in [-0.3, -0.25) is 9.69 Å². The first-order valence-electron chi connectivity index (χ1n) is 9.61. The van der Waals surface area contributed by atoms with Gasteiger partial charge in [-0.15, -0.1) is 11.3 Å². The first-order valence-corrected chi connectivity index (χ1v) is 10.4. The van der Waals surface area contributed by atoms with E-state index in [1.54, 1.807) is 11.3 Å². The van der Waals surface area contributed by atoms with Gasteiger partial charge in [0.15, 0.2) is 0 Å². The molecule has 5 nitrogen and oxygen atoms in total. The second kappa shape index (κ2) is 8.12. The minimum atomic E-state index is 0.0110. The van der Waals surface area contributed by atoms with Crippen LogP contribution in [0.25, 0.3) is 0 Å². The molecule has 1 aliphatic carbocycles. The van der Waals surface area contributed by atoms with Crippen molar-refractivity contribution in [2.75, 3.05) is 42.9 Å². The number of fused-ring (bicyclic) bond motifs is 1. The molecule has 1 aromatic carbocycles. The molecule has 2 aromatic rings. The number of carbonyl (C=O) groups excluding carboxylic acids is 1. The standard InChI is InChI=1S/C21H24N4OS/c22-15-18-17-7-4-8-19(17)27-21(18)23-20(26)9-10-24-11-13-25(14-12-24)16-5-2-1-3-6-16/h1-3,5-6H,4,7-14H2,(H,23,26). The second-order valence-corrected chi connectivity index (χ2v) is 8.24. The average molecular weight is 381 g/mol. The number of hydrogen-bond acceptors (Lipinski definition) is 5. The Hall–Kier alpha value is -2.36. The van der Waals surface area contributed by atoms with Crippen LogP contribution in [0.3, 0.4) is 0 Å². The Labute approximate surface area is 164 Å². The number of hydrogen-bond donors (Lipinski definition) is 1. The maximum atomic E-state index is 12.4. The second-order valence-electron chi connectivity index (χ2n) is 7.14. The number of aryl methyl sites for hydroxylation is 1. The maximum Gasteiger partial charge on any atom is 0.226 e. The highest BCUT2D eigenvalue weighted by Gasteiger charge is 2.23. The third-order valence-corrected chi connectivity index (χ3v) is 6.64. The van der Waals surface area contributed by atoms with Crippen LogP contribution in [-0.2, 0) is 17.6 Å². The summed E-state index contributed by atoms with van der Waals surface area (Å²) < 4.78 is 0. The first kappa shape index (κ1) is 18.0. The monoisotopic (exact) mass is 380 g/mol. The van der Waals surface area contributed by atoms with Crippen LogP contribution in [0.5, 0.6) is 0 Å². The zero-order valence-electron chi connectivity index (χ0n) is 15.4. The molecule has 0 spiro atoms. The van der Waals surface area contributed by atoms with Crippen LogP contribution in [0.15, 0.2) is 30.3 Å². The third-order valence-electron chi connectivity index (χ3n) is 5.43. The van der Waals surface area contributed by atoms with Crippen molar-refractivity contribution in [1.29, 1.82) is 5.26 Å². The summed E-state index contributed by atoms with van der Waals surface area (Å²) in [5.74, 6) is 0.0110. The molecule has 0 unspecified atom stereocenters. The number of thiophene rings is 1. The summed E-state index contributed by atoms with van der Waals surface area (Å²) in [5.41, 5.74) is 3.12. The van der Waals surface area contributed by atoms with Gasteiger partial charge in [0.25, 0.3) is 0 Å². The van der Waals surface area contributed by atoms with Crippen molar-refractivity contribution in [1.82, 2.24) is 4.90 Å². The van der Waals surface area contributed by atoms with Crippen LogP contribution in [0.2, 0.25) is 0 Å². The fourth-order valence-corrected chi connectivity index (χ4v) is 5.18. The number of benzene rings is 1. The summed E-state index contributed by atoms with van der Waals surface area (Å²) in [6.45, 7) is 4.68. The highest BCUT2D eigenvalue weighted by Crippen LogP contribution is 2.38. The number of nitrogens with zero attached hydrogens (tertiary/aromatic N) is 3. The van der Waals surface area contributed by atoms with Gasteiger partial charge < -0.3 is 10.2 Å². The summed E-state index contributed by atoms with van der Waals surface area (Å²) in [7, 11) is 0. The molecule has 1 saturated heterocycles. The first-order chi connectivity index (χ1) is 13.2. The lowest BCUT2D eigenvalue weighted by Gasteiger charge is -2.36. The molecule has 2 heterocycles. The van der Waals surface area contributed by atoms with E-state index in [9.17, 15) is 10.1 Å². The van der Waals surface area contributed by atoms with Crippen LogP contribution in [0.4, 0.5) is 10.7 Å². The molecular weight excluding hydrogens is 356 g/mol. The van der Waals surface area contributed by atoms with E-state index in [1.807, 2.05) is 6.07 Å². The van der Waals surface area contributed by atoms with E-state index in [-0.39, 0.29) is 5.91 Å². The number of amides is 1. The molecule has 1 amide bonds. The average Bonchev–Trinajstić information content (AvgIpc) is 3.28. The molecule has 2 aliphatic rings. The van der Waals surface area contributed by atoms with Gasteiger partial charge in [0.1, 0.15) is 11.1 Å². The van der Waals surface area contributed by atoms with Crippen LogP contribution < -0.4 is 10.2 Å². The number of anilines is 2. The molecular formula is C21H24N4OS. The van der Waals surface area contributed by atoms with Gasteiger partial charge in [-0.1, -0.05) is 18.2 Å². The van der Waals surface area contributed by atoms with E-state index >= 15 is 0 Å². The van der Waals surface area contributed by atoms with Crippen molar-refractivity contribution >= 4 is 27.9 Å². The summed E-state index contributed by atoms with van der Waals surface area (Å²) in [6.07, 6.45) is 3.60. The Morgan fingerprint density at radius 3 is 2.67 bits per heavy atom. The molecule has 1 fully saturated rings. The predicted molar refractivity (Wildman–Crippen MR) is 109 cm³/mol. The van der Waals surface area contributed by atoms with Crippen molar-refractivity contribution in [2.24, 2.45) is 0 Å². The Kier molecular flexibility index (Phi) is 5.42. The zero-order valence-corrected chi connectivity index (χ0v) is 16.2. The number of rotatable bonds is 5. The van der Waals surface area contributed by atoms with E-state index < -0.39 is 0 Å². The molecule has 6 heteroatoms. The fraction of sp³-hybridized carbons (Fsp3) is 0.429. The fourth-order valence-electron chi connectivity index (χ4n) is 3.93. The van der Waals surface area contributed by atoms with Gasteiger partial charge in [-0.25, -0.2) is 0 Å². The molecule has 140 valence electrons. The van der Waals surface area contributed by atoms with Gasteiger partial charge in [0, 0.05) is 49.7 Å². The summed E-state index contributed by atoms with van der Waals surface area (Å²) >= 11 is 1.59. The summed E-state index contributed by atoms with van der Waals surface area (Å²) in [5, 5.41) is 13.2. The van der Waals surface area contributed by atoms with E-state index in [0.29, 0.717) is 12.0 Å². The zero-order chi connectivity index (χ0) is 18.6. The number of nitrogens with one attached hydrogen (secondary N) is 1. The SMILES string of the molecule is N#Cc1c(NC(=O)CCN2CCN(c3ccccc3)CC2)sc2c1CCC2. The lowest BCUT2D eigenvalue weighted by atomic mass is 10.1. The Morgan fingerprint density at radius 1 is 1.15 bits per heavy atom. The molecule has 1 N–H and O–H groups in total. The van der Waals surface area contributed by atoms with Crippen molar-refractivity contribution in [3.8, 4) is 6.07 Å². The van der Waals surface area contributed by atoms with Crippen molar-refractivity contribution in [3.05, 3.63) is 46.3 Å². The quantitative estimate of drug-likeness (QED) is 0.865. The highest BCUT2D eigenvalue weighted by molar-refractivity contribution is 7.16. The lowest BCUT2D eigenvalue weighted by Crippen LogP contribution is -2.47. The summed E-state index contributed by atoms with van der Waals surface area (Å²) in [4.78, 5) is 18.4. The van der Waals surface area contributed by atoms with Crippen LogP contribution in [0, 0.1) is 11.3 Å². The van der Waals surface area contributed by atoms with Gasteiger partial charge in [0.05, 0.1) is 5.56 Å². The number of piperazine rings is 1. The van der Waals surface area contributed by atoms with Crippen molar-refractivity contribution in [3.63, 3.8) is 0 Å². The Balaban J connectivity index is 1.26. The minimum Gasteiger partial charge on any atom is -0.369 e. The molecule has 1 aliphatic heterocycles. The number of para-hydroxylation sites is 1. The molecule has 27 heavy (non-hydrogen) atoms. The van der Waals surface area contributed by atoms with Crippen LogP contribution in [-0.4, -0.2) is 43.5 Å². The molecule has 4 rings (SSSR count). The van der Waals surface area contributed by atoms with Crippen LogP contribution in [0.1, 0.15) is 28.8 Å². The van der Waals surface area contributed by atoms with E-state index in [2.05, 4.69) is 45.5 Å². The van der Waals surface area contributed by atoms with Gasteiger partial charge in [-0.05, 0) is 37.0 Å². The topological polar surface area (TPSA) is 59.4 Å². The maximum absolute atomic E-state index is 12.4. The number of nitriles is 1. The normalized spacial score (nSPS) is 16.8. The van der Waals surface area contributed by atoms with E-state index in [0.717, 1.165) is 62.6 Å². The minimum absolute atomic E-state index is 0.0110. The molecule has 0 radical (unpaired) electrons. The molecule has 0 bridgehead atoms. The van der Waals surface area contributed by atoms with Crippen molar-refractivity contribution < 1.29 is 4.79 Å². The molecule has 0 saturated carbocycles. The number of carbonyl (C=O) groups is 1. The Morgan fingerprint density at radius 2 is 1.93 bits per heavy atom. The summed E-state index contributed by atoms with van der Waals surface area (Å²) in [6, 6.07) is 12.8. The predicted octanol–water partition coefficient (Wildman–Crippen LogP) is 3.26. The van der Waals surface area contributed by atoms with E-state index in [4.69, 9.17) is 0 Å². The largest absolute Gasteiger partial charge is 0.369 e. The highest BCUT2D eigenvalue weighted by atomic mass is 32.1. The van der Waals surface area contributed by atoms with Gasteiger partial charge in [0.2, 0.25) is 5.91 Å². The van der Waals surface area contributed by atoms with Gasteiger partial charge >= 0.3 is 0 Å².